The molecule has 0 radical (unpaired) electrons. The Hall–Kier alpha value is -2.41. The van der Waals surface area contributed by atoms with Crippen LogP contribution in [0, 0.1) is 0 Å². The largest absolute Gasteiger partial charge is 0.336 e. The first kappa shape index (κ1) is 20.5. The molecule has 5 rings (SSSR count). The van der Waals surface area contributed by atoms with Crippen LogP contribution >= 0.6 is 0 Å². The van der Waals surface area contributed by atoms with E-state index in [1.807, 2.05) is 32.6 Å². The average Bonchev–Trinajstić information content (AvgIpc) is 3.18. The lowest BCUT2D eigenvalue weighted by Gasteiger charge is -2.37. The maximum atomic E-state index is 13.2. The van der Waals surface area contributed by atoms with Crippen molar-refractivity contribution in [3.63, 3.8) is 0 Å². The van der Waals surface area contributed by atoms with Crippen LogP contribution in [0.15, 0.2) is 18.2 Å². The number of amides is 2. The summed E-state index contributed by atoms with van der Waals surface area (Å²) in [7, 11) is 0. The first-order valence-corrected chi connectivity index (χ1v) is 11.9. The molecule has 1 saturated carbocycles. The van der Waals surface area contributed by atoms with Gasteiger partial charge < -0.3 is 14.4 Å². The Balaban J connectivity index is 1.36. The lowest BCUT2D eigenvalue weighted by Crippen LogP contribution is -2.50. The summed E-state index contributed by atoms with van der Waals surface area (Å²) in [6.07, 6.45) is 5.91. The van der Waals surface area contributed by atoms with Gasteiger partial charge in [-0.25, -0.2) is 4.98 Å². The Bertz CT molecular complexity index is 983. The van der Waals surface area contributed by atoms with E-state index >= 15 is 0 Å². The van der Waals surface area contributed by atoms with E-state index in [9.17, 15) is 9.59 Å². The number of nitrogens with zero attached hydrogens (tertiary/aromatic N) is 5. The molecule has 2 aromatic rings. The summed E-state index contributed by atoms with van der Waals surface area (Å²) in [5, 5.41) is 0. The Morgan fingerprint density at radius 3 is 2.45 bits per heavy atom. The molecule has 3 heterocycles. The third-order valence-electron chi connectivity index (χ3n) is 7.36. The second kappa shape index (κ2) is 8.26. The fourth-order valence-corrected chi connectivity index (χ4v) is 5.46. The van der Waals surface area contributed by atoms with E-state index in [0.29, 0.717) is 23.5 Å². The fourth-order valence-electron chi connectivity index (χ4n) is 5.46. The van der Waals surface area contributed by atoms with E-state index in [2.05, 4.69) is 18.7 Å². The predicted molar refractivity (Wildman–Crippen MR) is 120 cm³/mol. The summed E-state index contributed by atoms with van der Waals surface area (Å²) >= 11 is 0. The van der Waals surface area contributed by atoms with Crippen molar-refractivity contribution in [3.8, 4) is 0 Å². The summed E-state index contributed by atoms with van der Waals surface area (Å²) in [6.45, 7) is 9.26. The Kier molecular flexibility index (Phi) is 5.46. The second-order valence-electron chi connectivity index (χ2n) is 9.50. The number of piperazine rings is 1. The monoisotopic (exact) mass is 423 g/mol. The van der Waals surface area contributed by atoms with Crippen molar-refractivity contribution in [3.05, 3.63) is 29.6 Å². The molecule has 2 aliphatic heterocycles. The lowest BCUT2D eigenvalue weighted by molar-refractivity contribution is 0.0565. The van der Waals surface area contributed by atoms with Crippen molar-refractivity contribution in [1.29, 1.82) is 0 Å². The minimum Gasteiger partial charge on any atom is -0.336 e. The van der Waals surface area contributed by atoms with E-state index in [4.69, 9.17) is 4.98 Å². The second-order valence-corrected chi connectivity index (χ2v) is 9.50. The van der Waals surface area contributed by atoms with E-state index in [1.165, 1.54) is 19.3 Å². The van der Waals surface area contributed by atoms with Crippen molar-refractivity contribution in [1.82, 2.24) is 24.3 Å². The molecule has 2 fully saturated rings. The van der Waals surface area contributed by atoms with Gasteiger partial charge in [0.05, 0.1) is 11.0 Å². The van der Waals surface area contributed by atoms with Gasteiger partial charge in [-0.2, -0.15) is 0 Å². The summed E-state index contributed by atoms with van der Waals surface area (Å²) < 4.78 is 2.03. The fraction of sp³-hybridized carbons (Fsp3) is 0.625. The lowest BCUT2D eigenvalue weighted by atomic mass is 9.94. The molecule has 3 aliphatic rings. The molecule has 1 aromatic heterocycles. The van der Waals surface area contributed by atoms with Crippen molar-refractivity contribution >= 4 is 22.8 Å². The highest BCUT2D eigenvalue weighted by Gasteiger charge is 2.33. The van der Waals surface area contributed by atoms with Gasteiger partial charge in [0.15, 0.2) is 5.82 Å². The molecule has 1 saturated heterocycles. The Morgan fingerprint density at radius 1 is 1.00 bits per heavy atom. The molecular formula is C24H33N5O2. The van der Waals surface area contributed by atoms with Gasteiger partial charge in [0.1, 0.15) is 0 Å². The summed E-state index contributed by atoms with van der Waals surface area (Å²) in [5.74, 6) is 0.639. The molecule has 7 heteroatoms. The summed E-state index contributed by atoms with van der Waals surface area (Å²) in [6, 6.07) is 6.60. The number of rotatable bonds is 3. The molecule has 7 nitrogen and oxygen atoms in total. The van der Waals surface area contributed by atoms with Crippen molar-refractivity contribution in [2.24, 2.45) is 0 Å². The van der Waals surface area contributed by atoms with E-state index in [0.717, 1.165) is 63.1 Å². The third-order valence-corrected chi connectivity index (χ3v) is 7.36. The minimum absolute atomic E-state index is 0.0482. The van der Waals surface area contributed by atoms with Crippen LogP contribution in [0.25, 0.3) is 11.0 Å². The summed E-state index contributed by atoms with van der Waals surface area (Å²) in [5.41, 5.74) is 2.37. The number of carbonyl (C=O) groups is 2. The van der Waals surface area contributed by atoms with Gasteiger partial charge in [-0.05, 0) is 44.9 Å². The highest BCUT2D eigenvalue weighted by atomic mass is 16.2. The van der Waals surface area contributed by atoms with Crippen LogP contribution in [0.4, 0.5) is 0 Å². The molecule has 0 atom stereocenters. The average molecular weight is 424 g/mol. The molecule has 0 N–H and O–H groups in total. The van der Waals surface area contributed by atoms with Gasteiger partial charge >= 0.3 is 0 Å². The first-order valence-electron chi connectivity index (χ1n) is 11.9. The van der Waals surface area contributed by atoms with Crippen LogP contribution in [0.2, 0.25) is 0 Å². The van der Waals surface area contributed by atoms with Gasteiger partial charge in [0.2, 0.25) is 0 Å². The van der Waals surface area contributed by atoms with E-state index in [-0.39, 0.29) is 11.8 Å². The molecule has 0 spiro atoms. The van der Waals surface area contributed by atoms with Gasteiger partial charge in [-0.1, -0.05) is 19.3 Å². The van der Waals surface area contributed by atoms with Crippen LogP contribution in [0.3, 0.4) is 0 Å². The van der Waals surface area contributed by atoms with Gasteiger partial charge in [0, 0.05) is 56.9 Å². The normalized spacial score (nSPS) is 21.2. The maximum absolute atomic E-state index is 13.2. The number of fused-ring (bicyclic) bond motifs is 3. The first-order chi connectivity index (χ1) is 15.0. The Morgan fingerprint density at radius 2 is 1.74 bits per heavy atom. The highest BCUT2D eigenvalue weighted by Crippen LogP contribution is 2.28. The van der Waals surface area contributed by atoms with Crippen LogP contribution < -0.4 is 0 Å². The summed E-state index contributed by atoms with van der Waals surface area (Å²) in [4.78, 5) is 37.4. The van der Waals surface area contributed by atoms with Crippen molar-refractivity contribution in [2.45, 2.75) is 64.6 Å². The molecule has 1 aliphatic carbocycles. The zero-order chi connectivity index (χ0) is 21.5. The van der Waals surface area contributed by atoms with E-state index in [1.54, 1.807) is 0 Å². The van der Waals surface area contributed by atoms with Crippen molar-refractivity contribution in [2.75, 3.05) is 32.7 Å². The number of aromatic nitrogens is 2. The molecule has 0 bridgehead atoms. The quantitative estimate of drug-likeness (QED) is 0.762. The zero-order valence-electron chi connectivity index (χ0n) is 18.7. The Labute approximate surface area is 184 Å². The van der Waals surface area contributed by atoms with Crippen molar-refractivity contribution < 1.29 is 9.59 Å². The van der Waals surface area contributed by atoms with Gasteiger partial charge in [-0.15, -0.1) is 0 Å². The van der Waals surface area contributed by atoms with Gasteiger partial charge in [0.25, 0.3) is 11.8 Å². The van der Waals surface area contributed by atoms with Gasteiger partial charge in [-0.3, -0.25) is 14.5 Å². The SMILES string of the molecule is CC(C)N1CCN(C(=O)c2ccc3c(c2)nc2n3CCN(C3CCCCC3)C2=O)CC1. The van der Waals surface area contributed by atoms with Crippen LogP contribution in [0.5, 0.6) is 0 Å². The number of hydrogen-bond donors (Lipinski definition) is 0. The molecule has 0 unspecified atom stereocenters. The smallest absolute Gasteiger partial charge is 0.290 e. The standard InChI is InChI=1S/C24H33N5O2/c1-17(2)26-10-12-27(13-11-26)23(30)18-8-9-21-20(16-18)25-22-24(31)28(14-15-29(21)22)19-6-4-3-5-7-19/h8-9,16-17,19H,3-7,10-15H2,1-2H3. The molecule has 1 aromatic carbocycles. The highest BCUT2D eigenvalue weighted by molar-refractivity contribution is 6.00. The topological polar surface area (TPSA) is 61.7 Å². The molecule has 31 heavy (non-hydrogen) atoms. The zero-order valence-corrected chi connectivity index (χ0v) is 18.7. The van der Waals surface area contributed by atoms with E-state index < -0.39 is 0 Å². The number of hydrogen-bond acceptors (Lipinski definition) is 4. The molecular weight excluding hydrogens is 390 g/mol. The predicted octanol–water partition coefficient (Wildman–Crippen LogP) is 2.99. The molecule has 2 amide bonds. The van der Waals surface area contributed by atoms with Crippen LogP contribution in [-0.2, 0) is 6.54 Å². The maximum Gasteiger partial charge on any atom is 0.290 e. The minimum atomic E-state index is 0.0482. The number of imidazole rings is 1. The third kappa shape index (κ3) is 3.73. The molecule has 166 valence electrons. The number of carbonyl (C=O) groups excluding carboxylic acids is 2. The van der Waals surface area contributed by atoms with Crippen LogP contribution in [0.1, 0.15) is 66.9 Å². The van der Waals surface area contributed by atoms with Crippen LogP contribution in [-0.4, -0.2) is 80.9 Å². The number of benzene rings is 1.